The lowest BCUT2D eigenvalue weighted by Crippen LogP contribution is -2.36. The molecule has 88 valence electrons. The molecule has 0 aromatic carbocycles. The van der Waals surface area contributed by atoms with Crippen molar-refractivity contribution in [1.82, 2.24) is 9.78 Å². The zero-order valence-corrected chi connectivity index (χ0v) is 10.5. The molecular weight excluding hydrogens is 204 g/mol. The third-order valence-electron chi connectivity index (χ3n) is 2.30. The average molecular weight is 222 g/mol. The Hall–Kier alpha value is -1.54. The Morgan fingerprint density at radius 3 is 2.69 bits per heavy atom. The lowest BCUT2D eigenvalue weighted by atomic mass is 10.1. The second-order valence-electron chi connectivity index (χ2n) is 4.49. The summed E-state index contributed by atoms with van der Waals surface area (Å²) in [5, 5.41) is 16.6. The number of aryl methyl sites for hydroxylation is 2. The van der Waals surface area contributed by atoms with Gasteiger partial charge >= 0.3 is 0 Å². The van der Waals surface area contributed by atoms with Crippen LogP contribution in [0.5, 0.6) is 0 Å². The highest BCUT2D eigenvalue weighted by Crippen LogP contribution is 2.21. The first kappa shape index (κ1) is 12.5. The summed E-state index contributed by atoms with van der Waals surface area (Å²) in [4.78, 5) is 0. The topological polar surface area (TPSA) is 62.9 Å². The van der Waals surface area contributed by atoms with Gasteiger partial charge in [0.15, 0.2) is 0 Å². The third-order valence-corrected chi connectivity index (χ3v) is 2.30. The summed E-state index contributed by atoms with van der Waals surface area (Å²) in [5.41, 5.74) is 1.09. The predicted molar refractivity (Wildman–Crippen MR) is 62.2 cm³/mol. The van der Waals surface area contributed by atoms with Gasteiger partial charge in [-0.15, -0.1) is 0 Å². The maximum atomic E-state index is 9.06. The minimum absolute atomic E-state index is 0.236. The number of methoxy groups -OCH3 is 1. The molecule has 0 saturated heterocycles. The van der Waals surface area contributed by atoms with Gasteiger partial charge in [-0.2, -0.15) is 10.4 Å². The normalized spacial score (nSPS) is 11.2. The largest absolute Gasteiger partial charge is 0.382 e. The lowest BCUT2D eigenvalue weighted by Gasteiger charge is -2.26. The van der Waals surface area contributed by atoms with Crippen molar-refractivity contribution in [1.29, 1.82) is 5.26 Å². The van der Waals surface area contributed by atoms with Crippen molar-refractivity contribution in [2.24, 2.45) is 7.05 Å². The summed E-state index contributed by atoms with van der Waals surface area (Å²) in [5.74, 6) is 0.738. The zero-order chi connectivity index (χ0) is 12.3. The second kappa shape index (κ2) is 4.54. The van der Waals surface area contributed by atoms with Gasteiger partial charge in [-0.3, -0.25) is 4.68 Å². The third kappa shape index (κ3) is 2.52. The molecule has 0 unspecified atom stereocenters. The highest BCUT2D eigenvalue weighted by atomic mass is 16.5. The van der Waals surface area contributed by atoms with Crippen LogP contribution >= 0.6 is 0 Å². The Labute approximate surface area is 96.0 Å². The number of nitriles is 1. The van der Waals surface area contributed by atoms with E-state index in [-0.39, 0.29) is 5.54 Å². The Bertz CT molecular complexity index is 414. The standard InChI is InChI=1S/C11H18N4O/c1-8-9(6-12)10(15(4)14-8)13-11(2,3)7-16-5/h13H,7H2,1-5H3. The van der Waals surface area contributed by atoms with E-state index in [1.165, 1.54) is 0 Å². The highest BCUT2D eigenvalue weighted by Gasteiger charge is 2.22. The molecule has 5 heteroatoms. The van der Waals surface area contributed by atoms with E-state index < -0.39 is 0 Å². The summed E-state index contributed by atoms with van der Waals surface area (Å²) >= 11 is 0. The lowest BCUT2D eigenvalue weighted by molar-refractivity contribution is 0.158. The molecule has 1 rings (SSSR count). The quantitative estimate of drug-likeness (QED) is 0.837. The SMILES string of the molecule is COCC(C)(C)Nc1c(C#N)c(C)nn1C. The fraction of sp³-hybridized carbons (Fsp3) is 0.636. The first-order chi connectivity index (χ1) is 7.41. The van der Waals surface area contributed by atoms with Gasteiger partial charge in [-0.05, 0) is 20.8 Å². The predicted octanol–water partition coefficient (Wildman–Crippen LogP) is 1.44. The van der Waals surface area contributed by atoms with Crippen LogP contribution in [0.2, 0.25) is 0 Å². The van der Waals surface area contributed by atoms with Crippen LogP contribution in [0.25, 0.3) is 0 Å². The van der Waals surface area contributed by atoms with Crippen molar-refractivity contribution in [3.05, 3.63) is 11.3 Å². The maximum absolute atomic E-state index is 9.06. The number of nitrogens with one attached hydrogen (secondary N) is 1. The maximum Gasteiger partial charge on any atom is 0.142 e. The Morgan fingerprint density at radius 1 is 1.56 bits per heavy atom. The number of anilines is 1. The summed E-state index contributed by atoms with van der Waals surface area (Å²) in [6.07, 6.45) is 0. The van der Waals surface area contributed by atoms with Crippen LogP contribution in [0.3, 0.4) is 0 Å². The molecule has 0 spiro atoms. The molecule has 0 atom stereocenters. The fourth-order valence-electron chi connectivity index (χ4n) is 1.65. The van der Waals surface area contributed by atoms with Gasteiger partial charge in [0.25, 0.3) is 0 Å². The van der Waals surface area contributed by atoms with Crippen LogP contribution in [0.4, 0.5) is 5.82 Å². The zero-order valence-electron chi connectivity index (χ0n) is 10.5. The average Bonchev–Trinajstić information content (AvgIpc) is 2.40. The monoisotopic (exact) mass is 222 g/mol. The molecule has 1 aromatic rings. The Balaban J connectivity index is 3.02. The van der Waals surface area contributed by atoms with E-state index in [4.69, 9.17) is 10.00 Å². The van der Waals surface area contributed by atoms with Crippen molar-refractivity contribution in [2.75, 3.05) is 19.0 Å². The number of nitrogens with zero attached hydrogens (tertiary/aromatic N) is 3. The van der Waals surface area contributed by atoms with E-state index in [1.807, 2.05) is 27.8 Å². The van der Waals surface area contributed by atoms with E-state index in [9.17, 15) is 0 Å². The van der Waals surface area contributed by atoms with Gasteiger partial charge in [0, 0.05) is 14.2 Å². The van der Waals surface area contributed by atoms with Gasteiger partial charge in [0.05, 0.1) is 17.8 Å². The molecule has 1 N–H and O–H groups in total. The van der Waals surface area contributed by atoms with Crippen molar-refractivity contribution in [3.63, 3.8) is 0 Å². The molecule has 0 radical (unpaired) electrons. The molecule has 0 amide bonds. The van der Waals surface area contributed by atoms with E-state index in [0.717, 1.165) is 11.5 Å². The number of hydrogen-bond donors (Lipinski definition) is 1. The first-order valence-corrected chi connectivity index (χ1v) is 5.12. The van der Waals surface area contributed by atoms with Gasteiger partial charge in [0.2, 0.25) is 0 Å². The van der Waals surface area contributed by atoms with E-state index in [0.29, 0.717) is 12.2 Å². The first-order valence-electron chi connectivity index (χ1n) is 5.12. The second-order valence-corrected chi connectivity index (χ2v) is 4.49. The van der Waals surface area contributed by atoms with Gasteiger partial charge in [0.1, 0.15) is 17.5 Å². The van der Waals surface area contributed by atoms with Gasteiger partial charge < -0.3 is 10.1 Å². The minimum atomic E-state index is -0.236. The smallest absolute Gasteiger partial charge is 0.142 e. The Morgan fingerprint density at radius 2 is 2.19 bits per heavy atom. The number of ether oxygens (including phenoxy) is 1. The summed E-state index contributed by atoms with van der Waals surface area (Å²) in [6.45, 7) is 6.41. The van der Waals surface area contributed by atoms with E-state index in [1.54, 1.807) is 11.8 Å². The molecule has 1 aromatic heterocycles. The molecule has 1 heterocycles. The fourth-order valence-corrected chi connectivity index (χ4v) is 1.65. The number of aromatic nitrogens is 2. The molecule has 16 heavy (non-hydrogen) atoms. The molecule has 0 fully saturated rings. The molecule has 0 aliphatic rings. The molecule has 0 aliphatic heterocycles. The van der Waals surface area contributed by atoms with Crippen LogP contribution in [0.1, 0.15) is 25.1 Å². The van der Waals surface area contributed by atoms with Crippen molar-refractivity contribution < 1.29 is 4.74 Å². The van der Waals surface area contributed by atoms with Gasteiger partial charge in [-0.25, -0.2) is 0 Å². The van der Waals surface area contributed by atoms with Crippen LogP contribution in [0.15, 0.2) is 0 Å². The van der Waals surface area contributed by atoms with Crippen LogP contribution in [0, 0.1) is 18.3 Å². The van der Waals surface area contributed by atoms with Crippen LogP contribution in [-0.4, -0.2) is 29.0 Å². The van der Waals surface area contributed by atoms with Gasteiger partial charge in [-0.1, -0.05) is 0 Å². The highest BCUT2D eigenvalue weighted by molar-refractivity contribution is 5.56. The minimum Gasteiger partial charge on any atom is -0.382 e. The summed E-state index contributed by atoms with van der Waals surface area (Å²) < 4.78 is 6.81. The number of hydrogen-bond acceptors (Lipinski definition) is 4. The molecule has 0 aliphatic carbocycles. The summed E-state index contributed by atoms with van der Waals surface area (Å²) in [6, 6.07) is 2.16. The van der Waals surface area contributed by atoms with Crippen molar-refractivity contribution >= 4 is 5.82 Å². The molecular formula is C11H18N4O. The van der Waals surface area contributed by atoms with E-state index in [2.05, 4.69) is 16.5 Å². The van der Waals surface area contributed by atoms with Crippen molar-refractivity contribution in [3.8, 4) is 6.07 Å². The number of rotatable bonds is 4. The summed E-state index contributed by atoms with van der Waals surface area (Å²) in [7, 11) is 3.47. The van der Waals surface area contributed by atoms with Crippen LogP contribution in [-0.2, 0) is 11.8 Å². The Kier molecular flexibility index (Phi) is 3.55. The van der Waals surface area contributed by atoms with Crippen LogP contribution < -0.4 is 5.32 Å². The van der Waals surface area contributed by atoms with E-state index >= 15 is 0 Å². The molecule has 0 bridgehead atoms. The molecule has 0 saturated carbocycles. The van der Waals surface area contributed by atoms with Crippen molar-refractivity contribution in [2.45, 2.75) is 26.3 Å². The molecule has 5 nitrogen and oxygen atoms in total.